The zero-order valence-electron chi connectivity index (χ0n) is 15.2. The Hall–Kier alpha value is -2.37. The van der Waals surface area contributed by atoms with Gasteiger partial charge in [-0.1, -0.05) is 41.4 Å². The molecule has 1 unspecified atom stereocenters. The molecule has 5 nitrogen and oxygen atoms in total. The number of hydrogen-bond donors (Lipinski definition) is 1. The molecule has 1 N–H and O–H groups in total. The molecule has 3 rings (SSSR count). The summed E-state index contributed by atoms with van der Waals surface area (Å²) in [5.41, 5.74) is 3.37. The highest BCUT2D eigenvalue weighted by Gasteiger charge is 2.14. The molecular weight excluding hydrogens is 385 g/mol. The van der Waals surface area contributed by atoms with E-state index in [0.717, 1.165) is 11.1 Å². The maximum atomic E-state index is 12.6. The van der Waals surface area contributed by atoms with Crippen LogP contribution < -0.4 is 10.9 Å². The number of halogens is 2. The van der Waals surface area contributed by atoms with Crippen molar-refractivity contribution >= 4 is 40.0 Å². The van der Waals surface area contributed by atoms with Crippen LogP contribution in [0, 0.1) is 13.8 Å². The lowest BCUT2D eigenvalue weighted by Crippen LogP contribution is -2.34. The second-order valence-corrected chi connectivity index (χ2v) is 7.44. The van der Waals surface area contributed by atoms with Crippen molar-refractivity contribution in [3.63, 3.8) is 0 Å². The molecule has 0 aliphatic rings. The molecule has 0 saturated heterocycles. The minimum absolute atomic E-state index is 0.138. The highest BCUT2D eigenvalue weighted by Crippen LogP contribution is 2.24. The van der Waals surface area contributed by atoms with Crippen LogP contribution >= 0.6 is 23.2 Å². The lowest BCUT2D eigenvalue weighted by atomic mass is 10.0. The Morgan fingerprint density at radius 3 is 2.63 bits per heavy atom. The molecule has 0 spiro atoms. The smallest absolute Gasteiger partial charge is 0.261 e. The molecule has 2 aromatic carbocycles. The van der Waals surface area contributed by atoms with Gasteiger partial charge >= 0.3 is 0 Å². The van der Waals surface area contributed by atoms with Crippen LogP contribution in [-0.4, -0.2) is 15.5 Å². The summed E-state index contributed by atoms with van der Waals surface area (Å²) in [6.07, 6.45) is 1.32. The molecule has 1 amide bonds. The fourth-order valence-corrected chi connectivity index (χ4v) is 3.41. The third-order valence-electron chi connectivity index (χ3n) is 4.57. The highest BCUT2D eigenvalue weighted by atomic mass is 35.5. The van der Waals surface area contributed by atoms with Crippen LogP contribution in [0.2, 0.25) is 10.0 Å². The predicted molar refractivity (Wildman–Crippen MR) is 108 cm³/mol. The first-order valence-electron chi connectivity index (χ1n) is 8.47. The van der Waals surface area contributed by atoms with Crippen LogP contribution in [0.1, 0.15) is 29.7 Å². The van der Waals surface area contributed by atoms with Crippen LogP contribution in [0.4, 0.5) is 0 Å². The van der Waals surface area contributed by atoms with E-state index in [-0.39, 0.29) is 29.4 Å². The molecule has 0 bridgehead atoms. The molecule has 0 aliphatic heterocycles. The van der Waals surface area contributed by atoms with Gasteiger partial charge in [0, 0.05) is 5.02 Å². The fraction of sp³-hybridized carbons (Fsp3) is 0.250. The first-order valence-corrected chi connectivity index (χ1v) is 9.22. The van der Waals surface area contributed by atoms with Gasteiger partial charge in [-0.2, -0.15) is 0 Å². The quantitative estimate of drug-likeness (QED) is 0.709. The number of nitrogens with zero attached hydrogens (tertiary/aromatic N) is 2. The molecule has 0 fully saturated rings. The van der Waals surface area contributed by atoms with Gasteiger partial charge in [0.1, 0.15) is 6.54 Å². The summed E-state index contributed by atoms with van der Waals surface area (Å²) >= 11 is 12.1. The second kappa shape index (κ2) is 7.71. The van der Waals surface area contributed by atoms with Gasteiger partial charge in [-0.3, -0.25) is 14.2 Å². The van der Waals surface area contributed by atoms with Gasteiger partial charge in [0.25, 0.3) is 5.56 Å². The van der Waals surface area contributed by atoms with E-state index in [0.29, 0.717) is 15.6 Å². The number of benzene rings is 2. The standard InChI is InChI=1S/C20H19Cl2N3O2/c1-11-4-5-14(6-12(11)2)13(3)24-18(26)9-25-10-23-19-16(20(25)27)7-15(21)8-17(19)22/h4-8,10,13H,9H2,1-3H3,(H,24,26). The maximum absolute atomic E-state index is 12.6. The van der Waals surface area contributed by atoms with Crippen molar-refractivity contribution in [1.82, 2.24) is 14.9 Å². The Kier molecular flexibility index (Phi) is 5.53. The Balaban J connectivity index is 1.80. The van der Waals surface area contributed by atoms with Crippen LogP contribution in [0.3, 0.4) is 0 Å². The number of hydrogen-bond acceptors (Lipinski definition) is 3. The molecule has 3 aromatic rings. The molecule has 0 aliphatic carbocycles. The Labute approximate surface area is 166 Å². The number of aromatic nitrogens is 2. The van der Waals surface area contributed by atoms with Crippen molar-refractivity contribution in [3.8, 4) is 0 Å². The van der Waals surface area contributed by atoms with Crippen LogP contribution in [-0.2, 0) is 11.3 Å². The van der Waals surface area contributed by atoms with Crippen molar-refractivity contribution in [3.05, 3.63) is 73.7 Å². The normalized spacial score (nSPS) is 12.2. The summed E-state index contributed by atoms with van der Waals surface area (Å²) in [5, 5.41) is 3.84. The molecular formula is C20H19Cl2N3O2. The molecule has 7 heteroatoms. The first-order chi connectivity index (χ1) is 12.8. The number of fused-ring (bicyclic) bond motifs is 1. The van der Waals surface area contributed by atoms with E-state index in [9.17, 15) is 9.59 Å². The Morgan fingerprint density at radius 1 is 1.19 bits per heavy atom. The van der Waals surface area contributed by atoms with E-state index in [1.807, 2.05) is 39.0 Å². The molecule has 1 heterocycles. The van der Waals surface area contributed by atoms with Crippen LogP contribution in [0.15, 0.2) is 41.5 Å². The summed E-state index contributed by atoms with van der Waals surface area (Å²) in [7, 11) is 0. The van der Waals surface area contributed by atoms with Crippen molar-refractivity contribution in [2.24, 2.45) is 0 Å². The van der Waals surface area contributed by atoms with E-state index >= 15 is 0 Å². The summed E-state index contributed by atoms with van der Waals surface area (Å²) in [6.45, 7) is 5.84. The topological polar surface area (TPSA) is 64.0 Å². The van der Waals surface area contributed by atoms with Crippen molar-refractivity contribution in [2.75, 3.05) is 0 Å². The first kappa shape index (κ1) is 19.4. The monoisotopic (exact) mass is 403 g/mol. The fourth-order valence-electron chi connectivity index (χ4n) is 2.87. The van der Waals surface area contributed by atoms with Crippen molar-refractivity contribution in [2.45, 2.75) is 33.4 Å². The highest BCUT2D eigenvalue weighted by molar-refractivity contribution is 6.38. The molecule has 1 atom stereocenters. The van der Waals surface area contributed by atoms with E-state index in [1.165, 1.54) is 28.6 Å². The van der Waals surface area contributed by atoms with Crippen molar-refractivity contribution < 1.29 is 4.79 Å². The van der Waals surface area contributed by atoms with Crippen LogP contribution in [0.25, 0.3) is 10.9 Å². The summed E-state index contributed by atoms with van der Waals surface area (Å²) in [4.78, 5) is 29.2. The maximum Gasteiger partial charge on any atom is 0.261 e. The summed E-state index contributed by atoms with van der Waals surface area (Å²) < 4.78 is 1.25. The van der Waals surface area contributed by atoms with Gasteiger partial charge in [0.15, 0.2) is 0 Å². The van der Waals surface area contributed by atoms with Gasteiger partial charge in [-0.15, -0.1) is 0 Å². The summed E-state index contributed by atoms with van der Waals surface area (Å²) in [6, 6.07) is 8.92. The third kappa shape index (κ3) is 4.15. The van der Waals surface area contributed by atoms with Crippen molar-refractivity contribution in [1.29, 1.82) is 0 Å². The lowest BCUT2D eigenvalue weighted by Gasteiger charge is -2.16. The zero-order valence-corrected chi connectivity index (χ0v) is 16.7. The second-order valence-electron chi connectivity index (χ2n) is 6.59. The van der Waals surface area contributed by atoms with E-state index in [4.69, 9.17) is 23.2 Å². The molecule has 1 aromatic heterocycles. The number of rotatable bonds is 4. The average Bonchev–Trinajstić information content (AvgIpc) is 2.60. The van der Waals surface area contributed by atoms with Gasteiger partial charge < -0.3 is 5.32 Å². The van der Waals surface area contributed by atoms with Gasteiger partial charge in [0.2, 0.25) is 5.91 Å². The molecule has 0 radical (unpaired) electrons. The van der Waals surface area contributed by atoms with E-state index in [1.54, 1.807) is 0 Å². The number of carbonyl (C=O) groups excluding carboxylic acids is 1. The molecule has 140 valence electrons. The predicted octanol–water partition coefficient (Wildman–Crippen LogP) is 4.20. The lowest BCUT2D eigenvalue weighted by molar-refractivity contribution is -0.122. The Morgan fingerprint density at radius 2 is 1.93 bits per heavy atom. The third-order valence-corrected chi connectivity index (χ3v) is 5.07. The number of amides is 1. The minimum atomic E-state index is -0.363. The zero-order chi connectivity index (χ0) is 19.7. The average molecular weight is 404 g/mol. The Bertz CT molecular complexity index is 1090. The summed E-state index contributed by atoms with van der Waals surface area (Å²) in [5.74, 6) is -0.280. The van der Waals surface area contributed by atoms with Gasteiger partial charge in [-0.05, 0) is 49.6 Å². The number of nitrogens with one attached hydrogen (secondary N) is 1. The van der Waals surface area contributed by atoms with E-state index in [2.05, 4.69) is 10.3 Å². The SMILES string of the molecule is Cc1ccc(C(C)NC(=O)Cn2cnc3c(Cl)cc(Cl)cc3c2=O)cc1C. The molecule has 0 saturated carbocycles. The number of carbonyl (C=O) groups is 1. The number of aryl methyl sites for hydroxylation is 2. The van der Waals surface area contributed by atoms with E-state index < -0.39 is 0 Å². The minimum Gasteiger partial charge on any atom is -0.348 e. The van der Waals surface area contributed by atoms with Gasteiger partial charge in [0.05, 0.1) is 28.3 Å². The van der Waals surface area contributed by atoms with Crippen LogP contribution in [0.5, 0.6) is 0 Å². The van der Waals surface area contributed by atoms with Gasteiger partial charge in [-0.25, -0.2) is 4.98 Å². The molecule has 27 heavy (non-hydrogen) atoms. The largest absolute Gasteiger partial charge is 0.348 e.